The van der Waals surface area contributed by atoms with Crippen LogP contribution >= 0.6 is 11.6 Å². The first-order valence-corrected chi connectivity index (χ1v) is 9.22. The van der Waals surface area contributed by atoms with Gasteiger partial charge in [0.2, 0.25) is 0 Å². The Labute approximate surface area is 163 Å². The quantitative estimate of drug-likeness (QED) is 0.507. The number of rotatable bonds is 3. The molecule has 7 heteroatoms. The van der Waals surface area contributed by atoms with E-state index in [1.165, 1.54) is 0 Å². The molecule has 1 aliphatic rings. The predicted octanol–water partition coefficient (Wildman–Crippen LogP) is 3.75. The number of benzene rings is 1. The van der Waals surface area contributed by atoms with Crippen LogP contribution in [0, 0.1) is 18.8 Å². The van der Waals surface area contributed by atoms with Crippen molar-refractivity contribution in [2.75, 3.05) is 0 Å². The Morgan fingerprint density at radius 1 is 1.30 bits per heavy atom. The Balaban J connectivity index is 1.97. The summed E-state index contributed by atoms with van der Waals surface area (Å²) in [5, 5.41) is 9.48. The van der Waals surface area contributed by atoms with E-state index in [9.17, 15) is 0 Å². The van der Waals surface area contributed by atoms with Gasteiger partial charge in [-0.05, 0) is 51.8 Å². The minimum Gasteiger partial charge on any atom is -0.371 e. The molecule has 1 aliphatic heterocycles. The van der Waals surface area contributed by atoms with Crippen LogP contribution in [0.2, 0.25) is 5.02 Å². The van der Waals surface area contributed by atoms with E-state index in [4.69, 9.17) is 16.3 Å². The highest BCUT2D eigenvalue weighted by Crippen LogP contribution is 2.35. The maximum atomic E-state index is 6.30. The van der Waals surface area contributed by atoms with Crippen molar-refractivity contribution < 1.29 is 4.74 Å². The van der Waals surface area contributed by atoms with Crippen molar-refractivity contribution in [1.29, 1.82) is 0 Å². The predicted molar refractivity (Wildman–Crippen MR) is 104 cm³/mol. The third-order valence-electron chi connectivity index (χ3n) is 4.51. The maximum Gasteiger partial charge on any atom is 0.166 e. The molecule has 0 bridgehead atoms. The van der Waals surface area contributed by atoms with E-state index < -0.39 is 0 Å². The number of ether oxygens (including phenoxy) is 1. The van der Waals surface area contributed by atoms with Crippen molar-refractivity contribution in [3.05, 3.63) is 46.3 Å². The van der Waals surface area contributed by atoms with Crippen LogP contribution in [-0.4, -0.2) is 30.4 Å². The van der Waals surface area contributed by atoms with Gasteiger partial charge in [-0.1, -0.05) is 17.5 Å². The minimum absolute atomic E-state index is 0.111. The van der Waals surface area contributed by atoms with Gasteiger partial charge >= 0.3 is 0 Å². The molecule has 0 saturated heterocycles. The molecule has 3 heterocycles. The van der Waals surface area contributed by atoms with Crippen LogP contribution in [0.3, 0.4) is 0 Å². The lowest BCUT2D eigenvalue weighted by atomic mass is 10.1. The van der Waals surface area contributed by atoms with Crippen molar-refractivity contribution in [3.63, 3.8) is 0 Å². The van der Waals surface area contributed by atoms with E-state index in [1.54, 1.807) is 0 Å². The summed E-state index contributed by atoms with van der Waals surface area (Å²) in [5.41, 5.74) is 3.68. The zero-order valence-electron chi connectivity index (χ0n) is 15.7. The highest BCUT2D eigenvalue weighted by molar-refractivity contribution is 6.31. The van der Waals surface area contributed by atoms with Crippen LogP contribution in [0.4, 0.5) is 0 Å². The molecule has 138 valence electrons. The minimum atomic E-state index is 0.111. The first-order chi connectivity index (χ1) is 13.0. The van der Waals surface area contributed by atoms with Gasteiger partial charge < -0.3 is 9.30 Å². The number of nitrogens with zero attached hydrogens (tertiary/aromatic N) is 5. The molecule has 27 heavy (non-hydrogen) atoms. The van der Waals surface area contributed by atoms with Gasteiger partial charge in [-0.3, -0.25) is 4.57 Å². The molecule has 0 atom stereocenters. The highest BCUT2D eigenvalue weighted by atomic mass is 35.5. The van der Waals surface area contributed by atoms with Crippen LogP contribution in [-0.2, 0) is 17.9 Å². The number of aromatic nitrogens is 5. The van der Waals surface area contributed by atoms with E-state index in [0.29, 0.717) is 18.2 Å². The van der Waals surface area contributed by atoms with E-state index in [0.717, 1.165) is 40.1 Å². The van der Waals surface area contributed by atoms with Crippen molar-refractivity contribution >= 4 is 11.6 Å². The second-order valence-electron chi connectivity index (χ2n) is 6.71. The van der Waals surface area contributed by atoms with Gasteiger partial charge in [0, 0.05) is 10.6 Å². The normalized spacial score (nSPS) is 12.1. The molecule has 3 aromatic rings. The largest absolute Gasteiger partial charge is 0.371 e. The van der Waals surface area contributed by atoms with Crippen LogP contribution in [0.5, 0.6) is 0 Å². The number of fused-ring (bicyclic) bond motifs is 5. The standard InChI is InChI=1S/C20H20ClN5O/c1-5-6-16-18-10-25-19(11-27-12(2)3)23-24-20(25)15-9-14(21)7-8-17(15)26(18)13(4)22-16/h7-9,12H,10-11H2,1-4H3. The first-order valence-electron chi connectivity index (χ1n) is 8.84. The van der Waals surface area contributed by atoms with E-state index in [-0.39, 0.29) is 6.10 Å². The third kappa shape index (κ3) is 3.03. The lowest BCUT2D eigenvalue weighted by molar-refractivity contribution is 0.0595. The average Bonchev–Trinajstić information content (AvgIpc) is 3.11. The molecule has 4 rings (SSSR count). The highest BCUT2D eigenvalue weighted by Gasteiger charge is 2.27. The molecular weight excluding hydrogens is 362 g/mol. The lowest BCUT2D eigenvalue weighted by Gasteiger charge is -2.10. The SMILES string of the molecule is CC#Cc1nc(C)n2c1Cn1c(COC(C)C)nnc1-c1cc(Cl)ccc1-2. The van der Waals surface area contributed by atoms with Crippen molar-refractivity contribution in [1.82, 2.24) is 24.3 Å². The number of hydrogen-bond acceptors (Lipinski definition) is 4. The Bertz CT molecular complexity index is 1080. The number of imidazole rings is 1. The van der Waals surface area contributed by atoms with Gasteiger partial charge in [0.25, 0.3) is 0 Å². The van der Waals surface area contributed by atoms with E-state index >= 15 is 0 Å². The Hall–Kier alpha value is -2.62. The smallest absolute Gasteiger partial charge is 0.166 e. The van der Waals surface area contributed by atoms with Crippen LogP contribution in [0.1, 0.15) is 43.8 Å². The zero-order valence-corrected chi connectivity index (χ0v) is 16.5. The summed E-state index contributed by atoms with van der Waals surface area (Å²) in [6, 6.07) is 5.79. The summed E-state index contributed by atoms with van der Waals surface area (Å²) >= 11 is 6.30. The number of halogens is 1. The lowest BCUT2D eigenvalue weighted by Crippen LogP contribution is -2.12. The second kappa shape index (κ2) is 6.84. The summed E-state index contributed by atoms with van der Waals surface area (Å²) in [5.74, 6) is 8.51. The fraction of sp³-hybridized carbons (Fsp3) is 0.350. The molecule has 0 fully saturated rings. The average molecular weight is 382 g/mol. The maximum absolute atomic E-state index is 6.30. The van der Waals surface area contributed by atoms with Crippen molar-refractivity contribution in [2.24, 2.45) is 0 Å². The zero-order chi connectivity index (χ0) is 19.1. The fourth-order valence-electron chi connectivity index (χ4n) is 3.34. The molecule has 0 spiro atoms. The van der Waals surface area contributed by atoms with Gasteiger partial charge in [0.15, 0.2) is 11.6 Å². The van der Waals surface area contributed by atoms with Gasteiger partial charge in [-0.2, -0.15) is 0 Å². The van der Waals surface area contributed by atoms with Crippen LogP contribution in [0.15, 0.2) is 18.2 Å². The molecule has 2 aromatic heterocycles. The Kier molecular flexibility index (Phi) is 4.50. The first kappa shape index (κ1) is 17.8. The number of hydrogen-bond donors (Lipinski definition) is 0. The molecule has 0 radical (unpaired) electrons. The topological polar surface area (TPSA) is 57.8 Å². The summed E-state index contributed by atoms with van der Waals surface area (Å²) in [6.45, 7) is 8.76. The van der Waals surface area contributed by atoms with Crippen molar-refractivity contribution in [2.45, 2.75) is 47.0 Å². The van der Waals surface area contributed by atoms with Gasteiger partial charge in [0.05, 0.1) is 24.0 Å². The summed E-state index contributed by atoms with van der Waals surface area (Å²) in [6.07, 6.45) is 0.111. The molecule has 0 aliphatic carbocycles. The second-order valence-corrected chi connectivity index (χ2v) is 7.15. The van der Waals surface area contributed by atoms with E-state index in [2.05, 4.69) is 36.2 Å². The molecule has 6 nitrogen and oxygen atoms in total. The Morgan fingerprint density at radius 3 is 2.85 bits per heavy atom. The van der Waals surface area contributed by atoms with Gasteiger partial charge in [-0.25, -0.2) is 4.98 Å². The van der Waals surface area contributed by atoms with Gasteiger partial charge in [0.1, 0.15) is 18.1 Å². The molecule has 0 unspecified atom stereocenters. The van der Waals surface area contributed by atoms with Gasteiger partial charge in [-0.15, -0.1) is 10.2 Å². The van der Waals surface area contributed by atoms with Crippen LogP contribution < -0.4 is 0 Å². The molecule has 0 saturated carbocycles. The number of aryl methyl sites for hydroxylation is 1. The third-order valence-corrected chi connectivity index (χ3v) is 4.74. The van der Waals surface area contributed by atoms with E-state index in [1.807, 2.05) is 45.9 Å². The van der Waals surface area contributed by atoms with Crippen LogP contribution in [0.25, 0.3) is 17.1 Å². The fourth-order valence-corrected chi connectivity index (χ4v) is 3.51. The summed E-state index contributed by atoms with van der Waals surface area (Å²) in [4.78, 5) is 4.68. The Morgan fingerprint density at radius 2 is 2.11 bits per heavy atom. The van der Waals surface area contributed by atoms with Crippen molar-refractivity contribution in [3.8, 4) is 28.9 Å². The molecular formula is C20H20ClN5O. The molecule has 0 N–H and O–H groups in total. The summed E-state index contributed by atoms with van der Waals surface area (Å²) in [7, 11) is 0. The summed E-state index contributed by atoms with van der Waals surface area (Å²) < 4.78 is 9.98. The molecule has 1 aromatic carbocycles. The molecule has 0 amide bonds. The monoisotopic (exact) mass is 381 g/mol.